The van der Waals surface area contributed by atoms with Gasteiger partial charge in [0.15, 0.2) is 0 Å². The van der Waals surface area contributed by atoms with Crippen LogP contribution in [0, 0.1) is 0 Å². The summed E-state index contributed by atoms with van der Waals surface area (Å²) in [6, 6.07) is 4.29. The van der Waals surface area contributed by atoms with Crippen molar-refractivity contribution in [2.24, 2.45) is 0 Å². The normalized spacial score (nSPS) is 20.3. The van der Waals surface area contributed by atoms with Gasteiger partial charge in [-0.05, 0) is 26.0 Å². The van der Waals surface area contributed by atoms with E-state index in [0.717, 1.165) is 0 Å². The predicted octanol–water partition coefficient (Wildman–Crippen LogP) is 1.19. The van der Waals surface area contributed by atoms with E-state index in [9.17, 15) is 13.2 Å². The highest BCUT2D eigenvalue weighted by molar-refractivity contribution is 7.92. The van der Waals surface area contributed by atoms with Crippen molar-refractivity contribution in [1.29, 1.82) is 0 Å². The monoisotopic (exact) mass is 393 g/mol. The molecule has 0 aliphatic carbocycles. The molecule has 0 bridgehead atoms. The molecule has 10 heteroatoms. The number of methoxy groups -OCH3 is 1. The number of rotatable bonds is 6. The van der Waals surface area contributed by atoms with Crippen LogP contribution in [0.4, 0.5) is 11.4 Å². The van der Waals surface area contributed by atoms with Crippen LogP contribution in [0.5, 0.6) is 5.75 Å². The molecule has 8 nitrogen and oxygen atoms in total. The number of hydrogen-bond donors (Lipinski definition) is 3. The molecule has 3 N–H and O–H groups in total. The lowest BCUT2D eigenvalue weighted by molar-refractivity contribution is -0.123. The number of amides is 1. The van der Waals surface area contributed by atoms with Gasteiger partial charge in [-0.25, -0.2) is 8.42 Å². The molecular weight excluding hydrogens is 370 g/mol. The van der Waals surface area contributed by atoms with Gasteiger partial charge >= 0.3 is 0 Å². The molecule has 142 valence electrons. The molecule has 0 radical (unpaired) electrons. The van der Waals surface area contributed by atoms with E-state index in [1.807, 2.05) is 6.92 Å². The number of ether oxygens (including phenoxy) is 2. The van der Waals surface area contributed by atoms with Crippen LogP contribution < -0.4 is 20.1 Å². The fourth-order valence-electron chi connectivity index (χ4n) is 2.34. The number of anilines is 2. The fraction of sp³-hybridized carbons (Fsp3) is 0.533. The smallest absolute Gasteiger partial charge is 0.244 e. The number of benzene rings is 1. The number of sulfonamides is 1. The minimum atomic E-state index is -3.41. The van der Waals surface area contributed by atoms with Crippen molar-refractivity contribution in [1.82, 2.24) is 5.32 Å². The largest absolute Gasteiger partial charge is 0.494 e. The maximum atomic E-state index is 12.3. The lowest BCUT2D eigenvalue weighted by Gasteiger charge is -2.29. The third-order valence-electron chi connectivity index (χ3n) is 3.71. The number of hydrogen-bond acceptors (Lipinski definition) is 6. The molecule has 2 rings (SSSR count). The molecule has 2 atom stereocenters. The minimum Gasteiger partial charge on any atom is -0.494 e. The third kappa shape index (κ3) is 5.74. The van der Waals surface area contributed by atoms with Gasteiger partial charge < -0.3 is 20.1 Å². The number of carbonyl (C=O) groups excluding carboxylic acids is 1. The number of morpholine rings is 1. The Morgan fingerprint density at radius 2 is 2.16 bits per heavy atom. The molecule has 0 saturated carbocycles. The first-order valence-electron chi connectivity index (χ1n) is 7.70. The topological polar surface area (TPSA) is 106 Å². The van der Waals surface area contributed by atoms with Crippen molar-refractivity contribution in [3.63, 3.8) is 0 Å². The second-order valence-corrected chi connectivity index (χ2v) is 7.43. The molecular formula is C15H24ClN3O5S. The van der Waals surface area contributed by atoms with Gasteiger partial charge in [0, 0.05) is 18.3 Å². The summed E-state index contributed by atoms with van der Waals surface area (Å²) in [6.45, 7) is 4.57. The highest BCUT2D eigenvalue weighted by atomic mass is 35.5. The van der Waals surface area contributed by atoms with Crippen molar-refractivity contribution in [3.05, 3.63) is 18.2 Å². The van der Waals surface area contributed by atoms with Crippen LogP contribution in [0.25, 0.3) is 0 Å². The second kappa shape index (κ2) is 9.23. The maximum absolute atomic E-state index is 12.3. The van der Waals surface area contributed by atoms with Crippen molar-refractivity contribution in [2.45, 2.75) is 26.0 Å². The van der Waals surface area contributed by atoms with E-state index in [-0.39, 0.29) is 30.2 Å². The Kier molecular flexibility index (Phi) is 7.94. The van der Waals surface area contributed by atoms with Crippen molar-refractivity contribution < 1.29 is 22.7 Å². The zero-order chi connectivity index (χ0) is 17.7. The predicted molar refractivity (Wildman–Crippen MR) is 99.2 cm³/mol. The second-order valence-electron chi connectivity index (χ2n) is 5.42. The summed E-state index contributed by atoms with van der Waals surface area (Å²) in [5.41, 5.74) is 0.834. The molecule has 25 heavy (non-hydrogen) atoms. The van der Waals surface area contributed by atoms with E-state index < -0.39 is 16.1 Å². The van der Waals surface area contributed by atoms with E-state index in [1.165, 1.54) is 7.11 Å². The summed E-state index contributed by atoms with van der Waals surface area (Å²) < 4.78 is 36.5. The Labute approximate surface area is 154 Å². The molecule has 1 heterocycles. The highest BCUT2D eigenvalue weighted by Crippen LogP contribution is 2.29. The molecule has 1 fully saturated rings. The Hall–Kier alpha value is -1.55. The first-order chi connectivity index (χ1) is 11.4. The Balaban J connectivity index is 0.00000312. The van der Waals surface area contributed by atoms with Gasteiger partial charge in [0.2, 0.25) is 15.9 Å². The Morgan fingerprint density at radius 3 is 2.76 bits per heavy atom. The summed E-state index contributed by atoms with van der Waals surface area (Å²) in [5.74, 6) is 0.0664. The number of nitrogens with one attached hydrogen (secondary N) is 3. The SMILES string of the molecule is CCS(=O)(=O)Nc1ccc(NC(=O)[C@H]2NCCO[C@@H]2C)cc1OC.Cl. The van der Waals surface area contributed by atoms with Crippen LogP contribution in [-0.4, -0.2) is 52.5 Å². The van der Waals surface area contributed by atoms with Crippen LogP contribution in [0.1, 0.15) is 13.8 Å². The average Bonchev–Trinajstić information content (AvgIpc) is 2.56. The van der Waals surface area contributed by atoms with E-state index in [0.29, 0.717) is 30.3 Å². The van der Waals surface area contributed by atoms with Crippen LogP contribution in [0.2, 0.25) is 0 Å². The van der Waals surface area contributed by atoms with Gasteiger partial charge in [-0.1, -0.05) is 0 Å². The number of halogens is 1. The Bertz CT molecular complexity index is 698. The van der Waals surface area contributed by atoms with Gasteiger partial charge in [0.05, 0.1) is 31.3 Å². The van der Waals surface area contributed by atoms with Gasteiger partial charge in [0.1, 0.15) is 11.8 Å². The third-order valence-corrected chi connectivity index (χ3v) is 5.00. The van der Waals surface area contributed by atoms with Crippen LogP contribution in [0.15, 0.2) is 18.2 Å². The molecule has 1 aromatic rings. The standard InChI is InChI=1S/C15H23N3O5S.ClH/c1-4-24(20,21)18-12-6-5-11(9-13(12)22-3)17-15(19)14-10(2)23-8-7-16-14;/h5-6,9-10,14,16,18H,4,7-8H2,1-3H3,(H,17,19);1H/t10-,14+;/m1./s1. The fourth-order valence-corrected chi connectivity index (χ4v) is 2.99. The van der Waals surface area contributed by atoms with Crippen molar-refractivity contribution in [3.8, 4) is 5.75 Å². The molecule has 1 saturated heterocycles. The molecule has 0 aromatic heterocycles. The van der Waals surface area contributed by atoms with Gasteiger partial charge in [-0.3, -0.25) is 9.52 Å². The van der Waals surface area contributed by atoms with E-state index in [4.69, 9.17) is 9.47 Å². The summed E-state index contributed by atoms with van der Waals surface area (Å²) in [6.07, 6.45) is -0.226. The summed E-state index contributed by atoms with van der Waals surface area (Å²) >= 11 is 0. The average molecular weight is 394 g/mol. The maximum Gasteiger partial charge on any atom is 0.244 e. The van der Waals surface area contributed by atoms with Crippen LogP contribution in [-0.2, 0) is 19.6 Å². The molecule has 1 aromatic carbocycles. The van der Waals surface area contributed by atoms with Crippen LogP contribution in [0.3, 0.4) is 0 Å². The van der Waals surface area contributed by atoms with Crippen molar-refractivity contribution >= 4 is 39.7 Å². The first kappa shape index (κ1) is 21.5. The summed E-state index contributed by atoms with van der Waals surface area (Å²) in [7, 11) is -1.98. The minimum absolute atomic E-state index is 0. The lowest BCUT2D eigenvalue weighted by Crippen LogP contribution is -2.53. The van der Waals surface area contributed by atoms with E-state index in [1.54, 1.807) is 25.1 Å². The van der Waals surface area contributed by atoms with E-state index >= 15 is 0 Å². The summed E-state index contributed by atoms with van der Waals surface area (Å²) in [4.78, 5) is 12.3. The highest BCUT2D eigenvalue weighted by Gasteiger charge is 2.28. The van der Waals surface area contributed by atoms with Gasteiger partial charge in [-0.2, -0.15) is 0 Å². The molecule has 1 amide bonds. The number of carbonyl (C=O) groups is 1. The van der Waals surface area contributed by atoms with E-state index in [2.05, 4.69) is 15.4 Å². The summed E-state index contributed by atoms with van der Waals surface area (Å²) in [5, 5.41) is 5.89. The first-order valence-corrected chi connectivity index (χ1v) is 9.36. The lowest BCUT2D eigenvalue weighted by atomic mass is 10.1. The van der Waals surface area contributed by atoms with Crippen molar-refractivity contribution in [2.75, 3.05) is 36.1 Å². The molecule has 0 spiro atoms. The zero-order valence-electron chi connectivity index (χ0n) is 14.4. The Morgan fingerprint density at radius 1 is 1.44 bits per heavy atom. The van der Waals surface area contributed by atoms with Gasteiger partial charge in [-0.15, -0.1) is 12.4 Å². The van der Waals surface area contributed by atoms with Gasteiger partial charge in [0.25, 0.3) is 0 Å². The quantitative estimate of drug-likeness (QED) is 0.670. The van der Waals surface area contributed by atoms with Crippen LogP contribution >= 0.6 is 12.4 Å². The zero-order valence-corrected chi connectivity index (χ0v) is 16.0. The molecule has 1 aliphatic heterocycles. The molecule has 1 aliphatic rings. The molecule has 0 unspecified atom stereocenters.